The molecular weight excluding hydrogens is 442 g/mol. The number of para-hydroxylation sites is 1. The molecule has 1 heterocycles. The van der Waals surface area contributed by atoms with E-state index in [-0.39, 0.29) is 10.7 Å². The van der Waals surface area contributed by atoms with Crippen molar-refractivity contribution in [1.29, 1.82) is 0 Å². The number of ketones is 1. The molecule has 0 unspecified atom stereocenters. The summed E-state index contributed by atoms with van der Waals surface area (Å²) in [6.07, 6.45) is 10.4. The number of aromatic nitrogens is 1. The minimum absolute atomic E-state index is 0.130. The third-order valence-corrected chi connectivity index (χ3v) is 7.67. The smallest absolute Gasteiger partial charge is 0.268 e. The van der Waals surface area contributed by atoms with E-state index in [2.05, 4.69) is 6.92 Å². The highest BCUT2D eigenvalue weighted by Gasteiger charge is 2.20. The lowest BCUT2D eigenvalue weighted by molar-refractivity contribution is 0.104. The largest absolute Gasteiger partial charge is 0.289 e. The number of carbonyl (C=O) groups is 1. The first-order valence-corrected chi connectivity index (χ1v) is 13.2. The first-order valence-electron chi connectivity index (χ1n) is 11.7. The number of aryl methyl sites for hydroxylation is 1. The molecular formula is C29H29NO3S. The molecule has 0 atom stereocenters. The number of hydrogen-bond donors (Lipinski definition) is 0. The molecule has 5 heteroatoms. The number of carbonyl (C=O) groups excluding carboxylic acids is 1. The third kappa shape index (κ3) is 5.20. The average molecular weight is 472 g/mol. The maximum Gasteiger partial charge on any atom is 0.268 e. The van der Waals surface area contributed by atoms with Crippen molar-refractivity contribution in [3.8, 4) is 0 Å². The van der Waals surface area contributed by atoms with Gasteiger partial charge >= 0.3 is 0 Å². The topological polar surface area (TPSA) is 56.1 Å². The number of nitrogens with zero attached hydrogens (tertiary/aromatic N) is 1. The van der Waals surface area contributed by atoms with Gasteiger partial charge in [0.1, 0.15) is 0 Å². The van der Waals surface area contributed by atoms with E-state index < -0.39 is 10.0 Å². The maximum absolute atomic E-state index is 13.5. The Hall–Kier alpha value is -3.44. The van der Waals surface area contributed by atoms with Gasteiger partial charge in [0.25, 0.3) is 10.0 Å². The molecule has 0 N–H and O–H groups in total. The molecule has 0 saturated heterocycles. The zero-order chi connectivity index (χ0) is 24.0. The number of benzene rings is 3. The van der Waals surface area contributed by atoms with E-state index in [1.807, 2.05) is 48.5 Å². The monoisotopic (exact) mass is 471 g/mol. The Morgan fingerprint density at radius 2 is 1.56 bits per heavy atom. The molecule has 0 saturated carbocycles. The minimum Gasteiger partial charge on any atom is -0.289 e. The molecule has 174 valence electrons. The van der Waals surface area contributed by atoms with E-state index in [0.717, 1.165) is 23.8 Å². The van der Waals surface area contributed by atoms with Gasteiger partial charge in [0.05, 0.1) is 10.4 Å². The summed E-state index contributed by atoms with van der Waals surface area (Å²) in [4.78, 5) is 12.8. The second-order valence-corrected chi connectivity index (χ2v) is 10.2. The summed E-state index contributed by atoms with van der Waals surface area (Å²) in [5, 5.41) is 0.774. The predicted molar refractivity (Wildman–Crippen MR) is 139 cm³/mol. The van der Waals surface area contributed by atoms with E-state index in [9.17, 15) is 13.2 Å². The van der Waals surface area contributed by atoms with Gasteiger partial charge in [0.15, 0.2) is 5.78 Å². The summed E-state index contributed by atoms with van der Waals surface area (Å²) < 4.78 is 28.3. The Kier molecular flexibility index (Phi) is 7.43. The van der Waals surface area contributed by atoms with Gasteiger partial charge in [-0.05, 0) is 48.8 Å². The minimum atomic E-state index is -3.78. The van der Waals surface area contributed by atoms with Crippen molar-refractivity contribution in [2.45, 2.75) is 43.9 Å². The molecule has 4 aromatic rings. The van der Waals surface area contributed by atoms with Crippen molar-refractivity contribution in [3.05, 3.63) is 108 Å². The van der Waals surface area contributed by atoms with Crippen LogP contribution < -0.4 is 0 Å². The number of allylic oxidation sites excluding steroid dienone is 1. The standard InChI is InChI=1S/C29H29NO3S/c1-2-3-4-6-11-23-16-19-26(20-17-23)34(32,33)30-22-25(27-14-9-10-15-28(27)30)18-21-29(31)24-12-7-5-8-13-24/h5,7-10,12-22H,2-4,6,11H2,1H3/b21-18+. The molecule has 34 heavy (non-hydrogen) atoms. The molecule has 0 spiro atoms. The molecule has 4 nitrogen and oxygen atoms in total. The molecule has 0 bridgehead atoms. The summed E-state index contributed by atoms with van der Waals surface area (Å²) in [5.74, 6) is -0.130. The van der Waals surface area contributed by atoms with Crippen LogP contribution in [0.3, 0.4) is 0 Å². The van der Waals surface area contributed by atoms with Gasteiger partial charge in [-0.15, -0.1) is 0 Å². The Morgan fingerprint density at radius 3 is 2.29 bits per heavy atom. The van der Waals surface area contributed by atoms with Crippen LogP contribution in [0.4, 0.5) is 0 Å². The normalized spacial score (nSPS) is 11.9. The molecule has 0 aliphatic rings. The van der Waals surface area contributed by atoms with Gasteiger partial charge in [0, 0.05) is 22.7 Å². The van der Waals surface area contributed by atoms with Crippen molar-refractivity contribution in [2.24, 2.45) is 0 Å². The summed E-state index contributed by atoms with van der Waals surface area (Å²) >= 11 is 0. The van der Waals surface area contributed by atoms with Gasteiger partial charge < -0.3 is 0 Å². The molecule has 0 amide bonds. The lowest BCUT2D eigenvalue weighted by Crippen LogP contribution is -2.11. The van der Waals surface area contributed by atoms with Crippen molar-refractivity contribution in [1.82, 2.24) is 3.97 Å². The van der Waals surface area contributed by atoms with Crippen molar-refractivity contribution < 1.29 is 13.2 Å². The van der Waals surface area contributed by atoms with Crippen LogP contribution in [0.2, 0.25) is 0 Å². The summed E-state index contributed by atoms with van der Waals surface area (Å²) in [7, 11) is -3.78. The van der Waals surface area contributed by atoms with E-state index in [1.165, 1.54) is 29.3 Å². The summed E-state index contributed by atoms with van der Waals surface area (Å²) in [6, 6.07) is 23.5. The fraction of sp³-hybridized carbons (Fsp3) is 0.207. The lowest BCUT2D eigenvalue weighted by atomic mass is 10.1. The van der Waals surface area contributed by atoms with Crippen LogP contribution in [-0.2, 0) is 16.4 Å². The molecule has 0 aliphatic carbocycles. The molecule has 1 aromatic heterocycles. The molecule has 4 rings (SSSR count). The quantitative estimate of drug-likeness (QED) is 0.144. The maximum atomic E-state index is 13.5. The van der Waals surface area contributed by atoms with Gasteiger partial charge in [-0.2, -0.15) is 0 Å². The van der Waals surface area contributed by atoms with Crippen LogP contribution in [0, 0.1) is 0 Å². The zero-order valence-corrected chi connectivity index (χ0v) is 20.2. The van der Waals surface area contributed by atoms with Crippen LogP contribution in [0.15, 0.2) is 96.0 Å². The second kappa shape index (κ2) is 10.7. The van der Waals surface area contributed by atoms with Gasteiger partial charge in [-0.3, -0.25) is 4.79 Å². The van der Waals surface area contributed by atoms with Gasteiger partial charge in [-0.25, -0.2) is 12.4 Å². The predicted octanol–water partition coefficient (Wildman–Crippen LogP) is 6.90. The van der Waals surface area contributed by atoms with E-state index in [1.54, 1.807) is 42.6 Å². The Bertz CT molecular complexity index is 1400. The van der Waals surface area contributed by atoms with E-state index >= 15 is 0 Å². The van der Waals surface area contributed by atoms with Crippen LogP contribution in [0.1, 0.15) is 54.1 Å². The SMILES string of the molecule is CCCCCCc1ccc(S(=O)(=O)n2cc(/C=C/C(=O)c3ccccc3)c3ccccc32)cc1. The van der Waals surface area contributed by atoms with Gasteiger partial charge in [0.2, 0.25) is 0 Å². The number of unbranched alkanes of at least 4 members (excludes halogenated alkanes) is 3. The highest BCUT2D eigenvalue weighted by Crippen LogP contribution is 2.27. The first kappa shape index (κ1) is 23.7. The fourth-order valence-corrected chi connectivity index (χ4v) is 5.45. The third-order valence-electron chi connectivity index (χ3n) is 5.98. The van der Waals surface area contributed by atoms with Crippen molar-refractivity contribution in [3.63, 3.8) is 0 Å². The number of fused-ring (bicyclic) bond motifs is 1. The van der Waals surface area contributed by atoms with E-state index in [0.29, 0.717) is 16.6 Å². The molecule has 0 radical (unpaired) electrons. The van der Waals surface area contributed by atoms with Crippen molar-refractivity contribution in [2.75, 3.05) is 0 Å². The second-order valence-electron chi connectivity index (χ2n) is 8.42. The molecule has 3 aromatic carbocycles. The lowest BCUT2D eigenvalue weighted by Gasteiger charge is -2.09. The van der Waals surface area contributed by atoms with Crippen LogP contribution in [0.25, 0.3) is 17.0 Å². The fourth-order valence-electron chi connectivity index (χ4n) is 4.07. The Labute approximate surface area is 201 Å². The van der Waals surface area contributed by atoms with Crippen LogP contribution >= 0.6 is 0 Å². The first-order chi connectivity index (χ1) is 16.5. The van der Waals surface area contributed by atoms with Crippen LogP contribution in [0.5, 0.6) is 0 Å². The molecule has 0 aliphatic heterocycles. The average Bonchev–Trinajstić information content (AvgIpc) is 3.25. The Morgan fingerprint density at radius 1 is 0.853 bits per heavy atom. The van der Waals surface area contributed by atoms with E-state index in [4.69, 9.17) is 0 Å². The number of hydrogen-bond acceptors (Lipinski definition) is 3. The highest BCUT2D eigenvalue weighted by atomic mass is 32.2. The van der Waals surface area contributed by atoms with Crippen molar-refractivity contribution >= 4 is 32.8 Å². The summed E-state index contributed by atoms with van der Waals surface area (Å²) in [5.41, 5.74) is 2.99. The van der Waals surface area contributed by atoms with Crippen LogP contribution in [-0.4, -0.2) is 18.2 Å². The Balaban J connectivity index is 1.63. The molecule has 0 fully saturated rings. The zero-order valence-electron chi connectivity index (χ0n) is 19.4. The number of rotatable bonds is 10. The summed E-state index contributed by atoms with van der Waals surface area (Å²) in [6.45, 7) is 2.19. The van der Waals surface area contributed by atoms with Gasteiger partial charge in [-0.1, -0.05) is 86.8 Å². The highest BCUT2D eigenvalue weighted by molar-refractivity contribution is 7.90.